The van der Waals surface area contributed by atoms with Gasteiger partial charge in [0.1, 0.15) is 69.8 Å². The molecule has 4 fully saturated rings. The lowest BCUT2D eigenvalue weighted by atomic mass is 10.0. The van der Waals surface area contributed by atoms with Gasteiger partial charge in [0.05, 0.1) is 213 Å². The number of ether oxygens (including phenoxy) is 4. The number of rotatable bonds is 12. The molecule has 10 N–H and O–H groups in total. The second-order valence-electron chi connectivity index (χ2n) is 24.8. The van der Waals surface area contributed by atoms with E-state index in [2.05, 4.69) is 82.4 Å². The first-order valence-corrected chi connectivity index (χ1v) is 35.9. The first-order chi connectivity index (χ1) is 46.7. The van der Waals surface area contributed by atoms with Crippen LogP contribution in [0.5, 0.6) is 0 Å². The van der Waals surface area contributed by atoms with E-state index >= 15 is 0 Å². The first kappa shape index (κ1) is 73.6. The fourth-order valence-corrected chi connectivity index (χ4v) is 17.2. The third-order valence-electron chi connectivity index (χ3n) is 18.2. The lowest BCUT2D eigenvalue weighted by Crippen LogP contribution is -2.29. The van der Waals surface area contributed by atoms with Crippen molar-refractivity contribution in [1.82, 2.24) is 58.1 Å². The highest BCUT2D eigenvalue weighted by molar-refractivity contribution is 7.19. The van der Waals surface area contributed by atoms with E-state index in [1.807, 2.05) is 45.8 Å². The Balaban J connectivity index is 0.000000141. The molecule has 31 heteroatoms. The van der Waals surface area contributed by atoms with Gasteiger partial charge in [-0.1, -0.05) is 0 Å². The van der Waals surface area contributed by atoms with Gasteiger partial charge in [0, 0.05) is 0 Å². The molecule has 16 rings (SSSR count). The predicted molar refractivity (Wildman–Crippen MR) is 378 cm³/mol. The van der Waals surface area contributed by atoms with E-state index in [9.17, 15) is 20.4 Å². The topological polar surface area (TPSA) is 430 Å². The molecule has 16 heterocycles. The maximum atomic E-state index is 10.2. The smallest absolute Gasteiger partial charge is 0.139 e. The maximum Gasteiger partial charge on any atom is 0.139 e. The number of imidazole rings is 4. The Hall–Kier alpha value is -8.16. The molecule has 12 atom stereocenters. The van der Waals surface area contributed by atoms with E-state index in [1.54, 1.807) is 97.8 Å². The van der Waals surface area contributed by atoms with Crippen molar-refractivity contribution in [3.05, 3.63) is 93.9 Å². The number of aromatic nitrogens is 12. The molecule has 0 spiro atoms. The van der Waals surface area contributed by atoms with Crippen molar-refractivity contribution in [2.24, 2.45) is 0 Å². The molecule has 0 aromatic carbocycles. The van der Waals surface area contributed by atoms with E-state index in [0.29, 0.717) is 75.4 Å². The molecule has 0 bridgehead atoms. The summed E-state index contributed by atoms with van der Waals surface area (Å²) in [4.78, 5) is 36.3. The van der Waals surface area contributed by atoms with Crippen molar-refractivity contribution in [1.29, 1.82) is 21.0 Å². The predicted octanol–water partition coefficient (Wildman–Crippen LogP) is 10.9. The molecule has 0 unspecified atom stereocenters. The van der Waals surface area contributed by atoms with Crippen LogP contribution in [0.1, 0.15) is 177 Å². The Morgan fingerprint density at radius 1 is 0.374 bits per heavy atom. The Morgan fingerprint density at radius 2 is 0.586 bits per heavy atom. The lowest BCUT2D eigenvalue weighted by molar-refractivity contribution is -0.00960. The summed E-state index contributed by atoms with van der Waals surface area (Å²) in [6, 6.07) is 17.2. The summed E-state index contributed by atoms with van der Waals surface area (Å²) in [5.74, 6) is 2.61. The fourth-order valence-electron chi connectivity index (χ4n) is 13.7. The van der Waals surface area contributed by atoms with Crippen molar-refractivity contribution < 1.29 is 55.8 Å². The molecule has 4 aliphatic heterocycles. The van der Waals surface area contributed by atoms with E-state index in [0.717, 1.165) is 136 Å². The fraction of sp³-hybridized carbons (Fsp3) is 0.471. The van der Waals surface area contributed by atoms with Gasteiger partial charge in [-0.25, -0.2) is 19.9 Å². The molecule has 0 saturated carbocycles. The third kappa shape index (κ3) is 14.9. The van der Waals surface area contributed by atoms with Gasteiger partial charge < -0.3 is 74.1 Å². The monoisotopic (exact) mass is 1420 g/mol. The summed E-state index contributed by atoms with van der Waals surface area (Å²) in [6.45, 7) is 9.08. The number of hydrogen-bond acceptors (Lipinski definition) is 24. The van der Waals surface area contributed by atoms with Gasteiger partial charge >= 0.3 is 0 Å². The minimum atomic E-state index is -0.663. The average Bonchev–Trinajstić information content (AvgIpc) is 1.63. The number of aliphatic hydroxyl groups is 4. The maximum absolute atomic E-state index is 10.2. The van der Waals surface area contributed by atoms with Crippen LogP contribution >= 0.6 is 45.3 Å². The number of hydrogen-bond donors (Lipinski definition) is 4. The van der Waals surface area contributed by atoms with Crippen molar-refractivity contribution >= 4 is 130 Å². The number of fused-ring (bicyclic) bond motifs is 12. The number of nitrogens with zero attached hydrogens (tertiary/aromatic N) is 16. The van der Waals surface area contributed by atoms with Gasteiger partial charge in [0.15, 0.2) is 0 Å². The molecule has 27 nitrogen and oxygen atoms in total. The molecule has 0 radical (unpaired) electrons. The highest BCUT2D eigenvalue weighted by atomic mass is 32.1. The minimum absolute atomic E-state index is 0. The van der Waals surface area contributed by atoms with Gasteiger partial charge in [0.25, 0.3) is 0 Å². The molecular formula is C68H78N16O11S4. The molecule has 99 heavy (non-hydrogen) atoms. The Bertz CT molecular complexity index is 4280. The number of thiophene rings is 4. The molecule has 12 aromatic heterocycles. The highest BCUT2D eigenvalue weighted by Gasteiger charge is 2.34. The van der Waals surface area contributed by atoms with Crippen LogP contribution in [-0.2, 0) is 18.9 Å². The SMILES string of the molecule is C[C@@H](O)c1nc2cnc3ccsc3c2n1[C@H]1CC[C@@H](CC#N)OC1.C[C@@H](O)c1nc2cnc3ccsc3c2n1[C@H]1CC[C@H](CC#N)OC1.C[C@@H](O)c1nc2cnc3ccsc3c2n1[C@H]1CC[C@H](CC#N)OC1.C[C@@H](O)c1nc2cnc3ccsc3c2n1[C@H]1CC[C@H](CC#N)OC1.O.O.O. The Kier molecular flexibility index (Phi) is 24.1. The standard InChI is InChI=1S/4C17H18N4O2S.3H2O/c4*1-10(22)17-20-14-8-19-13-5-7-24-16(13)15(14)21(17)11-2-3-12(4-6-18)23-9-11;;;/h4*5,7-8,10-12,22H,2-4,9H2,1H3;3*1H2/t10-,11+,12+;3*10-,11+,12-;;;/m1111.../s1. The number of nitriles is 4. The van der Waals surface area contributed by atoms with Crippen LogP contribution in [0.3, 0.4) is 0 Å². The molecule has 12 aromatic rings. The second-order valence-corrected chi connectivity index (χ2v) is 28.4. The van der Waals surface area contributed by atoms with Gasteiger partial charge in [-0.05, 0) is 125 Å². The van der Waals surface area contributed by atoms with Crippen molar-refractivity contribution in [2.75, 3.05) is 26.4 Å². The van der Waals surface area contributed by atoms with Gasteiger partial charge in [-0.2, -0.15) is 21.0 Å². The van der Waals surface area contributed by atoms with Crippen molar-refractivity contribution in [2.45, 2.75) is 178 Å². The zero-order valence-corrected chi connectivity index (χ0v) is 58.1. The highest BCUT2D eigenvalue weighted by Crippen LogP contribution is 2.41. The molecule has 0 amide bonds. The summed E-state index contributed by atoms with van der Waals surface area (Å²) in [6.07, 6.45) is 13.2. The van der Waals surface area contributed by atoms with Gasteiger partial charge in [-0.15, -0.1) is 45.3 Å². The normalized spacial score (nSPS) is 22.0. The summed E-state index contributed by atoms with van der Waals surface area (Å²) in [7, 11) is 0. The van der Waals surface area contributed by atoms with E-state index in [1.165, 1.54) is 0 Å². The third-order valence-corrected chi connectivity index (χ3v) is 21.9. The van der Waals surface area contributed by atoms with E-state index < -0.39 is 24.4 Å². The Labute approximate surface area is 584 Å². The summed E-state index contributed by atoms with van der Waals surface area (Å²) >= 11 is 6.56. The zero-order chi connectivity index (χ0) is 66.7. The zero-order valence-electron chi connectivity index (χ0n) is 54.9. The summed E-state index contributed by atoms with van der Waals surface area (Å²) in [5, 5.41) is 84.3. The molecule has 4 aliphatic rings. The first-order valence-electron chi connectivity index (χ1n) is 32.4. The van der Waals surface area contributed by atoms with E-state index in [-0.39, 0.29) is 65.0 Å². The number of aliphatic hydroxyl groups excluding tert-OH is 4. The van der Waals surface area contributed by atoms with E-state index in [4.69, 9.17) is 40.0 Å². The van der Waals surface area contributed by atoms with Gasteiger partial charge in [0.2, 0.25) is 0 Å². The van der Waals surface area contributed by atoms with Crippen LogP contribution in [0.2, 0.25) is 0 Å². The average molecular weight is 1420 g/mol. The van der Waals surface area contributed by atoms with Gasteiger partial charge in [-0.3, -0.25) is 19.9 Å². The molecule has 4 saturated heterocycles. The largest absolute Gasteiger partial charge is 0.412 e. The number of pyridine rings is 4. The molecule has 520 valence electrons. The van der Waals surface area contributed by atoms with Crippen molar-refractivity contribution in [3.63, 3.8) is 0 Å². The molecule has 0 aliphatic carbocycles. The van der Waals surface area contributed by atoms with Crippen LogP contribution in [0, 0.1) is 45.3 Å². The molecular weight excluding hydrogens is 1350 g/mol. The van der Waals surface area contributed by atoms with Crippen LogP contribution < -0.4 is 0 Å². The summed E-state index contributed by atoms with van der Waals surface area (Å²) in [5.41, 5.74) is 11.1. The van der Waals surface area contributed by atoms with Crippen LogP contribution in [0.15, 0.2) is 70.6 Å². The van der Waals surface area contributed by atoms with Crippen LogP contribution in [-0.4, -0.2) is 146 Å². The van der Waals surface area contributed by atoms with Crippen LogP contribution in [0.25, 0.3) is 85.0 Å². The Morgan fingerprint density at radius 3 is 0.758 bits per heavy atom. The van der Waals surface area contributed by atoms with Crippen LogP contribution in [0.4, 0.5) is 0 Å². The van der Waals surface area contributed by atoms with Crippen molar-refractivity contribution in [3.8, 4) is 24.3 Å². The lowest BCUT2D eigenvalue weighted by Gasteiger charge is -2.30. The summed E-state index contributed by atoms with van der Waals surface area (Å²) < 4.78 is 36.3. The second kappa shape index (κ2) is 32.4. The minimum Gasteiger partial charge on any atom is -0.412 e. The quantitative estimate of drug-likeness (QED) is 0.0882.